The molecule has 44 heavy (non-hydrogen) atoms. The zero-order chi connectivity index (χ0) is 30.4. The minimum atomic E-state index is -0.542. The Bertz CT molecular complexity index is 1960. The zero-order valence-electron chi connectivity index (χ0n) is 24.4. The number of halogens is 1. The van der Waals surface area contributed by atoms with Crippen molar-refractivity contribution in [1.82, 2.24) is 29.3 Å². The minimum Gasteiger partial charge on any atom is -0.460 e. The van der Waals surface area contributed by atoms with Crippen LogP contribution in [0.5, 0.6) is 0 Å². The van der Waals surface area contributed by atoms with Crippen molar-refractivity contribution in [2.45, 2.75) is 57.5 Å². The van der Waals surface area contributed by atoms with Gasteiger partial charge in [-0.05, 0) is 66.3 Å². The number of carbonyl (C=O) groups excluding carboxylic acids is 1. The Labute approximate surface area is 252 Å². The van der Waals surface area contributed by atoms with Crippen molar-refractivity contribution < 1.29 is 13.9 Å². The number of carbonyl (C=O) groups is 1. The lowest BCUT2D eigenvalue weighted by Gasteiger charge is -2.18. The molecule has 2 N–H and O–H groups in total. The molecule has 0 saturated heterocycles. The molecule has 2 fully saturated rings. The number of aromatic nitrogens is 6. The lowest BCUT2D eigenvalue weighted by Crippen LogP contribution is -2.21. The van der Waals surface area contributed by atoms with E-state index in [1.807, 2.05) is 19.3 Å². The molecule has 2 aromatic carbocycles. The number of hydrogen-bond donors (Lipinski definition) is 1. The number of hydrogen-bond acceptors (Lipinski definition) is 8. The van der Waals surface area contributed by atoms with Crippen molar-refractivity contribution in [3.63, 3.8) is 0 Å². The van der Waals surface area contributed by atoms with Gasteiger partial charge in [0.05, 0.1) is 23.2 Å². The summed E-state index contributed by atoms with van der Waals surface area (Å²) in [6, 6.07) is 10.4. The van der Waals surface area contributed by atoms with E-state index in [4.69, 9.17) is 15.5 Å². The Hall–Kier alpha value is -4.93. The van der Waals surface area contributed by atoms with Gasteiger partial charge in [-0.25, -0.2) is 9.37 Å². The first-order valence-electron chi connectivity index (χ1n) is 15.0. The molecule has 10 nitrogen and oxygen atoms in total. The van der Waals surface area contributed by atoms with E-state index < -0.39 is 11.4 Å². The highest BCUT2D eigenvalue weighted by molar-refractivity contribution is 5.84. The average Bonchev–Trinajstić information content (AvgIpc) is 3.55. The molecule has 0 bridgehead atoms. The Morgan fingerprint density at radius 1 is 1.09 bits per heavy atom. The number of nitrogens with zero attached hydrogens (tertiary/aromatic N) is 6. The van der Waals surface area contributed by atoms with Crippen molar-refractivity contribution >= 4 is 22.7 Å². The highest BCUT2D eigenvalue weighted by atomic mass is 19.1. The van der Waals surface area contributed by atoms with Gasteiger partial charge in [0.25, 0.3) is 5.56 Å². The maximum atomic E-state index is 15.4. The van der Waals surface area contributed by atoms with Crippen LogP contribution in [0.2, 0.25) is 0 Å². The normalized spacial score (nSPS) is 15.2. The molecule has 224 valence electrons. The van der Waals surface area contributed by atoms with Crippen molar-refractivity contribution in [3.05, 3.63) is 93.7 Å². The van der Waals surface area contributed by atoms with E-state index in [2.05, 4.69) is 15.1 Å². The first-order valence-corrected chi connectivity index (χ1v) is 15.0. The third-order valence-electron chi connectivity index (χ3n) is 8.55. The number of benzene rings is 2. The van der Waals surface area contributed by atoms with Gasteiger partial charge in [0.1, 0.15) is 18.2 Å². The average molecular weight is 594 g/mol. The molecule has 11 heteroatoms. The van der Waals surface area contributed by atoms with Crippen LogP contribution < -0.4 is 11.3 Å². The van der Waals surface area contributed by atoms with Gasteiger partial charge in [-0.1, -0.05) is 31.0 Å². The number of rotatable bonds is 8. The van der Waals surface area contributed by atoms with Crippen LogP contribution in [0.4, 0.5) is 10.3 Å². The van der Waals surface area contributed by atoms with Crippen LogP contribution in [-0.4, -0.2) is 35.3 Å². The highest BCUT2D eigenvalue weighted by Crippen LogP contribution is 2.41. The number of fused-ring (bicyclic) bond motifs is 1. The van der Waals surface area contributed by atoms with E-state index in [9.17, 15) is 9.59 Å². The summed E-state index contributed by atoms with van der Waals surface area (Å²) in [6.07, 6.45) is 11.2. The molecule has 0 aliphatic heterocycles. The fourth-order valence-corrected chi connectivity index (χ4v) is 6.16. The third-order valence-corrected chi connectivity index (χ3v) is 8.55. The largest absolute Gasteiger partial charge is 0.460 e. The van der Waals surface area contributed by atoms with E-state index in [-0.39, 0.29) is 35.7 Å². The van der Waals surface area contributed by atoms with Crippen LogP contribution >= 0.6 is 0 Å². The molecule has 0 atom stereocenters. The first-order chi connectivity index (χ1) is 21.3. The zero-order valence-corrected chi connectivity index (χ0v) is 24.4. The second-order valence-electron chi connectivity index (χ2n) is 11.8. The van der Waals surface area contributed by atoms with Gasteiger partial charge in [-0.3, -0.25) is 18.8 Å². The van der Waals surface area contributed by atoms with E-state index in [1.54, 1.807) is 41.3 Å². The second kappa shape index (κ2) is 11.3. The molecule has 3 aromatic heterocycles. The standard InChI is InChI=1S/C33H32FN7O3/c1-40-17-19(16-36-40)13-28-37-30(39-33(35)38-28)24-7-4-8-27(25(24)18-44-32(43)21-5-2-3-6-21)41-12-11-22-14-23(20-9-10-20)15-26(34)29(22)31(41)42/h4,7-8,11-12,14-17,20-21H,2-3,5-6,9-10,13,18H2,1H3,(H2,35,37,38,39). The number of pyridine rings is 1. The molecular weight excluding hydrogens is 561 g/mol. The van der Waals surface area contributed by atoms with Crippen molar-refractivity contribution in [1.29, 1.82) is 0 Å². The van der Waals surface area contributed by atoms with Gasteiger partial charge in [0.2, 0.25) is 5.95 Å². The molecule has 3 heterocycles. The second-order valence-corrected chi connectivity index (χ2v) is 11.8. The molecule has 0 spiro atoms. The Morgan fingerprint density at radius 2 is 1.91 bits per heavy atom. The number of nitrogens with two attached hydrogens (primary N) is 1. The van der Waals surface area contributed by atoms with Crippen molar-refractivity contribution in [2.24, 2.45) is 13.0 Å². The predicted octanol–water partition coefficient (Wildman–Crippen LogP) is 5.00. The van der Waals surface area contributed by atoms with Gasteiger partial charge in [-0.2, -0.15) is 15.1 Å². The summed E-state index contributed by atoms with van der Waals surface area (Å²) >= 11 is 0. The summed E-state index contributed by atoms with van der Waals surface area (Å²) in [4.78, 5) is 40.3. The first kappa shape index (κ1) is 27.9. The summed E-state index contributed by atoms with van der Waals surface area (Å²) in [7, 11) is 1.83. The molecule has 0 amide bonds. The van der Waals surface area contributed by atoms with Gasteiger partial charge < -0.3 is 10.5 Å². The summed E-state index contributed by atoms with van der Waals surface area (Å²) < 4.78 is 24.3. The van der Waals surface area contributed by atoms with E-state index in [1.165, 1.54) is 10.6 Å². The van der Waals surface area contributed by atoms with Crippen LogP contribution in [0, 0.1) is 11.7 Å². The third kappa shape index (κ3) is 5.45. The number of ether oxygens (including phenoxy) is 1. The molecule has 2 aliphatic rings. The van der Waals surface area contributed by atoms with Crippen molar-refractivity contribution in [3.8, 4) is 17.1 Å². The van der Waals surface area contributed by atoms with Gasteiger partial charge >= 0.3 is 5.97 Å². The molecule has 2 saturated carbocycles. The molecule has 0 unspecified atom stereocenters. The van der Waals surface area contributed by atoms with E-state index in [0.29, 0.717) is 40.4 Å². The quantitative estimate of drug-likeness (QED) is 0.249. The Kier molecular flexibility index (Phi) is 7.15. The molecule has 0 radical (unpaired) electrons. The molecular formula is C33H32FN7O3. The van der Waals surface area contributed by atoms with Crippen molar-refractivity contribution in [2.75, 3.05) is 5.73 Å². The van der Waals surface area contributed by atoms with Gasteiger partial charge in [-0.15, -0.1) is 0 Å². The Morgan fingerprint density at radius 3 is 2.66 bits per heavy atom. The SMILES string of the molecule is Cn1cc(Cc2nc(N)nc(-c3cccc(-n4ccc5cc(C6CC6)cc(F)c5c4=O)c3COC(=O)C3CCCC3)n2)cn1. The number of nitrogen functional groups attached to an aromatic ring is 1. The number of aryl methyl sites for hydroxylation is 1. The summed E-state index contributed by atoms with van der Waals surface area (Å²) in [5, 5.41) is 4.78. The van der Waals surface area contributed by atoms with Gasteiger partial charge in [0, 0.05) is 37.0 Å². The van der Waals surface area contributed by atoms with Crippen LogP contribution in [0.3, 0.4) is 0 Å². The monoisotopic (exact) mass is 593 g/mol. The van der Waals surface area contributed by atoms with E-state index >= 15 is 4.39 Å². The predicted molar refractivity (Wildman–Crippen MR) is 162 cm³/mol. The summed E-state index contributed by atoms with van der Waals surface area (Å²) in [5.74, 6) is 0.132. The molecule has 7 rings (SSSR count). The fraction of sp³-hybridized carbons (Fsp3) is 0.333. The summed E-state index contributed by atoms with van der Waals surface area (Å²) in [6.45, 7) is -0.127. The maximum Gasteiger partial charge on any atom is 0.309 e. The fourth-order valence-electron chi connectivity index (χ4n) is 6.16. The number of esters is 1. The Balaban J connectivity index is 1.34. The van der Waals surface area contributed by atoms with Crippen LogP contribution in [-0.2, 0) is 29.6 Å². The number of anilines is 1. The highest BCUT2D eigenvalue weighted by Gasteiger charge is 2.27. The molecule has 2 aliphatic carbocycles. The van der Waals surface area contributed by atoms with Gasteiger partial charge in [0.15, 0.2) is 5.82 Å². The topological polar surface area (TPSA) is 131 Å². The lowest BCUT2D eigenvalue weighted by atomic mass is 10.0. The minimum absolute atomic E-state index is 0.0133. The maximum absolute atomic E-state index is 15.4. The summed E-state index contributed by atoms with van der Waals surface area (Å²) in [5.41, 5.74) is 8.92. The van der Waals surface area contributed by atoms with Crippen LogP contribution in [0.15, 0.2) is 59.8 Å². The smallest absolute Gasteiger partial charge is 0.309 e. The molecule has 5 aromatic rings. The van der Waals surface area contributed by atoms with Crippen LogP contribution in [0.1, 0.15) is 67.0 Å². The van der Waals surface area contributed by atoms with E-state index in [0.717, 1.165) is 49.7 Å². The lowest BCUT2D eigenvalue weighted by molar-refractivity contribution is -0.149. The van der Waals surface area contributed by atoms with Crippen LogP contribution in [0.25, 0.3) is 27.8 Å².